The van der Waals surface area contributed by atoms with Gasteiger partial charge in [-0.15, -0.1) is 6.58 Å². The number of allylic oxidation sites excluding steroid dienone is 1. The highest BCUT2D eigenvalue weighted by molar-refractivity contribution is 9.09. The van der Waals surface area contributed by atoms with Gasteiger partial charge in [0, 0.05) is 17.6 Å². The lowest BCUT2D eigenvalue weighted by atomic mass is 9.70. The van der Waals surface area contributed by atoms with Crippen LogP contribution in [0.25, 0.3) is 0 Å². The third-order valence-electron chi connectivity index (χ3n) is 6.23. The van der Waals surface area contributed by atoms with Crippen molar-refractivity contribution in [2.24, 2.45) is 5.92 Å². The second-order valence-corrected chi connectivity index (χ2v) is 9.75. The molecule has 3 N–H and O–H groups in total. The minimum absolute atomic E-state index is 0.00621. The summed E-state index contributed by atoms with van der Waals surface area (Å²) in [6.45, 7) is 11.0. The molecular weight excluding hydrogens is 444 g/mol. The van der Waals surface area contributed by atoms with Crippen molar-refractivity contribution in [3.8, 4) is 5.75 Å². The van der Waals surface area contributed by atoms with E-state index >= 15 is 0 Å². The molecule has 1 unspecified atom stereocenters. The first-order valence-corrected chi connectivity index (χ1v) is 11.9. The number of nitrogens with one attached hydrogen (secondary N) is 2. The average Bonchev–Trinajstić information content (AvgIpc) is 2.72. The average molecular weight is 481 g/mol. The van der Waals surface area contributed by atoms with Crippen molar-refractivity contribution in [2.75, 3.05) is 18.5 Å². The summed E-state index contributed by atoms with van der Waals surface area (Å²) in [6, 6.07) is 7.86. The number of aliphatic hydroxyl groups excluding tert-OH is 1. The lowest BCUT2D eigenvalue weighted by Gasteiger charge is -2.44. The van der Waals surface area contributed by atoms with Crippen molar-refractivity contribution in [3.63, 3.8) is 0 Å². The molecule has 1 fully saturated rings. The number of rotatable bonds is 11. The Balaban J connectivity index is 1.78. The van der Waals surface area contributed by atoms with Gasteiger partial charge in [-0.1, -0.05) is 40.2 Å². The van der Waals surface area contributed by atoms with Gasteiger partial charge < -0.3 is 20.5 Å². The summed E-state index contributed by atoms with van der Waals surface area (Å²) in [5.74, 6) is 1.28. The number of ether oxygens (including phenoxy) is 1. The molecule has 168 valence electrons. The summed E-state index contributed by atoms with van der Waals surface area (Å²) in [6.07, 6.45) is 6.13. The van der Waals surface area contributed by atoms with Gasteiger partial charge in [0.2, 0.25) is 5.91 Å². The smallest absolute Gasteiger partial charge is 0.231 e. The van der Waals surface area contributed by atoms with Crippen LogP contribution in [0.5, 0.6) is 5.75 Å². The van der Waals surface area contributed by atoms with Crippen LogP contribution >= 0.6 is 15.9 Å². The number of benzene rings is 1. The summed E-state index contributed by atoms with van der Waals surface area (Å²) >= 11 is 3.22. The number of alkyl halides is 1. The van der Waals surface area contributed by atoms with E-state index in [1.165, 1.54) is 0 Å². The molecule has 1 saturated carbocycles. The number of carbonyl (C=O) groups excluding carboxylic acids is 1. The van der Waals surface area contributed by atoms with E-state index in [0.29, 0.717) is 17.8 Å². The highest BCUT2D eigenvalue weighted by atomic mass is 79.9. The molecule has 30 heavy (non-hydrogen) atoms. The zero-order valence-corrected chi connectivity index (χ0v) is 20.1. The van der Waals surface area contributed by atoms with Gasteiger partial charge in [0.25, 0.3) is 0 Å². The van der Waals surface area contributed by atoms with Crippen molar-refractivity contribution in [1.82, 2.24) is 10.6 Å². The van der Waals surface area contributed by atoms with Crippen LogP contribution < -0.4 is 15.4 Å². The van der Waals surface area contributed by atoms with E-state index in [0.717, 1.165) is 43.4 Å². The summed E-state index contributed by atoms with van der Waals surface area (Å²) in [5, 5.41) is 17.4. The normalized spacial score (nSPS) is 22.9. The molecule has 0 aliphatic heterocycles. The predicted octanol–water partition coefficient (Wildman–Crippen LogP) is 3.98. The fraction of sp³-hybridized carbons (Fsp3) is 0.625. The Labute approximate surface area is 189 Å². The topological polar surface area (TPSA) is 70.6 Å². The molecular formula is C24H37BrN2O3. The molecule has 1 amide bonds. The summed E-state index contributed by atoms with van der Waals surface area (Å²) in [7, 11) is 0. The van der Waals surface area contributed by atoms with Crippen LogP contribution in [0.3, 0.4) is 0 Å². The quantitative estimate of drug-likeness (QED) is 0.330. The Morgan fingerprint density at radius 1 is 1.40 bits per heavy atom. The molecule has 1 atom stereocenters. The monoisotopic (exact) mass is 480 g/mol. The first kappa shape index (κ1) is 24.9. The zero-order valence-electron chi connectivity index (χ0n) is 18.5. The van der Waals surface area contributed by atoms with Gasteiger partial charge in [-0.25, -0.2) is 0 Å². The lowest BCUT2D eigenvalue weighted by Crippen LogP contribution is -2.54. The Morgan fingerprint density at radius 3 is 2.70 bits per heavy atom. The second-order valence-electron chi connectivity index (χ2n) is 9.18. The number of hydrogen-bond donors (Lipinski definition) is 3. The maximum atomic E-state index is 11.8. The van der Waals surface area contributed by atoms with E-state index in [1.807, 2.05) is 30.3 Å². The summed E-state index contributed by atoms with van der Waals surface area (Å²) in [4.78, 5) is 11.8. The fourth-order valence-electron chi connectivity index (χ4n) is 4.23. The highest BCUT2D eigenvalue weighted by Crippen LogP contribution is 2.37. The van der Waals surface area contributed by atoms with Crippen LogP contribution in [0.15, 0.2) is 36.9 Å². The number of para-hydroxylation sites is 1. The minimum Gasteiger partial charge on any atom is -0.491 e. The van der Waals surface area contributed by atoms with Gasteiger partial charge in [0.05, 0.1) is 5.33 Å². The minimum atomic E-state index is -0.578. The molecule has 1 aromatic rings. The molecule has 1 aliphatic rings. The Hall–Kier alpha value is -1.37. The molecule has 1 aromatic carbocycles. The largest absolute Gasteiger partial charge is 0.491 e. The molecule has 2 rings (SSSR count). The molecule has 1 aliphatic carbocycles. The van der Waals surface area contributed by atoms with Crippen molar-refractivity contribution in [2.45, 2.75) is 70.1 Å². The predicted molar refractivity (Wildman–Crippen MR) is 126 cm³/mol. The third-order valence-corrected chi connectivity index (χ3v) is 6.73. The first-order valence-electron chi connectivity index (χ1n) is 10.8. The maximum Gasteiger partial charge on any atom is 0.231 e. The number of halogens is 1. The van der Waals surface area contributed by atoms with E-state index in [9.17, 15) is 9.90 Å². The number of carbonyl (C=O) groups is 1. The molecule has 0 aromatic heterocycles. The van der Waals surface area contributed by atoms with Gasteiger partial charge in [-0.2, -0.15) is 0 Å². The fourth-order valence-corrected chi connectivity index (χ4v) is 4.37. The maximum absolute atomic E-state index is 11.8. The van der Waals surface area contributed by atoms with Crippen LogP contribution in [0, 0.1) is 5.92 Å². The standard InChI is InChI=1S/C24H37BrN2O3/c1-5-8-18-9-6-7-10-21(18)30-17-20(28)16-26-24(4)13-11-19(12-14-24)23(2,3)27-22(29)15-25/h5-7,9-10,19-20,26,28H,1,8,11-17H2,2-4H3,(H,27,29). The van der Waals surface area contributed by atoms with Crippen molar-refractivity contribution < 1.29 is 14.6 Å². The number of aliphatic hydroxyl groups is 1. The number of hydrogen-bond acceptors (Lipinski definition) is 4. The third kappa shape index (κ3) is 7.40. The van der Waals surface area contributed by atoms with Gasteiger partial charge in [-0.3, -0.25) is 4.79 Å². The molecule has 0 spiro atoms. The van der Waals surface area contributed by atoms with Crippen molar-refractivity contribution in [3.05, 3.63) is 42.5 Å². The van der Waals surface area contributed by atoms with Gasteiger partial charge in [-0.05, 0) is 70.4 Å². The number of amides is 1. The Morgan fingerprint density at radius 2 is 2.07 bits per heavy atom. The lowest BCUT2D eigenvalue weighted by molar-refractivity contribution is -0.120. The Kier molecular flexibility index (Phi) is 9.38. The molecule has 0 heterocycles. The van der Waals surface area contributed by atoms with Crippen LogP contribution in [-0.4, -0.2) is 46.7 Å². The van der Waals surface area contributed by atoms with Gasteiger partial charge >= 0.3 is 0 Å². The van der Waals surface area contributed by atoms with E-state index in [4.69, 9.17) is 4.74 Å². The number of β-amino-alcohol motifs (C(OH)–C–C–N with tert-alkyl or cyclic N) is 1. The van der Waals surface area contributed by atoms with Crippen LogP contribution in [0.4, 0.5) is 0 Å². The van der Waals surface area contributed by atoms with E-state index in [2.05, 4.69) is 53.9 Å². The van der Waals surface area contributed by atoms with Gasteiger partial charge in [0.1, 0.15) is 18.5 Å². The van der Waals surface area contributed by atoms with Crippen LogP contribution in [-0.2, 0) is 11.2 Å². The molecule has 0 bridgehead atoms. The molecule has 0 saturated heterocycles. The Bertz CT molecular complexity index is 699. The van der Waals surface area contributed by atoms with Crippen molar-refractivity contribution in [1.29, 1.82) is 0 Å². The van der Waals surface area contributed by atoms with E-state index in [1.54, 1.807) is 0 Å². The van der Waals surface area contributed by atoms with Crippen LogP contribution in [0.1, 0.15) is 52.0 Å². The highest BCUT2D eigenvalue weighted by Gasteiger charge is 2.38. The summed E-state index contributed by atoms with van der Waals surface area (Å²) < 4.78 is 5.85. The summed E-state index contributed by atoms with van der Waals surface area (Å²) in [5.41, 5.74) is 0.860. The molecule has 6 heteroatoms. The van der Waals surface area contributed by atoms with Crippen molar-refractivity contribution >= 4 is 21.8 Å². The molecule has 5 nitrogen and oxygen atoms in total. The SMILES string of the molecule is C=CCc1ccccc1OCC(O)CNC1(C)CCC(C(C)(C)NC(=O)CBr)CC1. The first-order chi connectivity index (χ1) is 14.2. The second kappa shape index (κ2) is 11.3. The van der Waals surface area contributed by atoms with E-state index < -0.39 is 6.10 Å². The van der Waals surface area contributed by atoms with Crippen LogP contribution in [0.2, 0.25) is 0 Å². The van der Waals surface area contributed by atoms with Gasteiger partial charge in [0.15, 0.2) is 0 Å². The van der Waals surface area contributed by atoms with E-state index in [-0.39, 0.29) is 23.6 Å². The zero-order chi connectivity index (χ0) is 22.2. The molecule has 0 radical (unpaired) electrons.